The smallest absolute Gasteiger partial charge is 0.266 e. The van der Waals surface area contributed by atoms with Gasteiger partial charge in [-0.3, -0.25) is 4.79 Å². The molecular formula is C9H6BrF3O. The van der Waals surface area contributed by atoms with Gasteiger partial charge in [0.1, 0.15) is 5.82 Å². The lowest BCUT2D eigenvalue weighted by molar-refractivity contribution is 0.101. The summed E-state index contributed by atoms with van der Waals surface area (Å²) >= 11 is 2.93. The number of halogens is 4. The minimum atomic E-state index is -2.92. The van der Waals surface area contributed by atoms with Crippen LogP contribution in [0.4, 0.5) is 13.2 Å². The highest BCUT2D eigenvalue weighted by Gasteiger charge is 2.20. The average molecular weight is 267 g/mol. The predicted octanol–water partition coefficient (Wildman–Crippen LogP) is 3.73. The van der Waals surface area contributed by atoms with Gasteiger partial charge in [0, 0.05) is 4.47 Å². The van der Waals surface area contributed by atoms with Crippen molar-refractivity contribution in [2.24, 2.45) is 0 Å². The minimum absolute atomic E-state index is 0.187. The summed E-state index contributed by atoms with van der Waals surface area (Å²) in [6.07, 6.45) is -2.92. The molecule has 0 unspecified atom stereocenters. The summed E-state index contributed by atoms with van der Waals surface area (Å²) in [5, 5.41) is 0. The zero-order valence-electron chi connectivity index (χ0n) is 7.15. The number of alkyl halides is 2. The van der Waals surface area contributed by atoms with Gasteiger partial charge in [0.2, 0.25) is 0 Å². The maximum atomic E-state index is 13.3. The van der Waals surface area contributed by atoms with Crippen molar-refractivity contribution >= 4 is 21.7 Å². The van der Waals surface area contributed by atoms with Crippen LogP contribution >= 0.6 is 15.9 Å². The van der Waals surface area contributed by atoms with Crippen LogP contribution in [0.5, 0.6) is 0 Å². The van der Waals surface area contributed by atoms with E-state index in [-0.39, 0.29) is 10.0 Å². The Balaban J connectivity index is 3.41. The largest absolute Gasteiger partial charge is 0.294 e. The summed E-state index contributed by atoms with van der Waals surface area (Å²) in [5.41, 5.74) is -1.08. The molecule has 0 aliphatic rings. The molecule has 5 heteroatoms. The van der Waals surface area contributed by atoms with Crippen LogP contribution in [0.3, 0.4) is 0 Å². The number of hydrogen-bond acceptors (Lipinski definition) is 1. The zero-order valence-corrected chi connectivity index (χ0v) is 8.74. The fourth-order valence-corrected chi connectivity index (χ4v) is 1.65. The predicted molar refractivity (Wildman–Crippen MR) is 49.1 cm³/mol. The topological polar surface area (TPSA) is 17.1 Å². The van der Waals surface area contributed by atoms with E-state index in [0.29, 0.717) is 0 Å². The van der Waals surface area contributed by atoms with Crippen molar-refractivity contribution in [1.29, 1.82) is 0 Å². The lowest BCUT2D eigenvalue weighted by Gasteiger charge is -2.07. The molecule has 1 aromatic rings. The van der Waals surface area contributed by atoms with Crippen LogP contribution in [0, 0.1) is 5.82 Å². The summed E-state index contributed by atoms with van der Waals surface area (Å²) in [6, 6.07) is 2.19. The van der Waals surface area contributed by atoms with E-state index in [1.54, 1.807) is 0 Å². The Hall–Kier alpha value is -0.840. The SMILES string of the molecule is CC(=O)c1c(Br)ccc(C(F)F)c1F. The Labute approximate surface area is 87.1 Å². The monoisotopic (exact) mass is 266 g/mol. The van der Waals surface area contributed by atoms with Gasteiger partial charge in [-0.15, -0.1) is 0 Å². The second-order valence-electron chi connectivity index (χ2n) is 2.68. The second kappa shape index (κ2) is 4.13. The van der Waals surface area contributed by atoms with E-state index >= 15 is 0 Å². The maximum Gasteiger partial charge on any atom is 0.266 e. The molecule has 0 fully saturated rings. The van der Waals surface area contributed by atoms with Gasteiger partial charge in [0.15, 0.2) is 5.78 Å². The third-order valence-electron chi connectivity index (χ3n) is 1.71. The molecule has 0 atom stereocenters. The van der Waals surface area contributed by atoms with Crippen LogP contribution in [0.15, 0.2) is 16.6 Å². The number of rotatable bonds is 2. The maximum absolute atomic E-state index is 13.3. The molecular weight excluding hydrogens is 261 g/mol. The first-order chi connectivity index (χ1) is 6.45. The number of benzene rings is 1. The fourth-order valence-electron chi connectivity index (χ4n) is 1.06. The van der Waals surface area contributed by atoms with E-state index < -0.39 is 23.6 Å². The van der Waals surface area contributed by atoms with E-state index in [0.717, 1.165) is 13.0 Å². The van der Waals surface area contributed by atoms with E-state index in [9.17, 15) is 18.0 Å². The summed E-state index contributed by atoms with van der Waals surface area (Å²) in [6.45, 7) is 1.12. The first-order valence-corrected chi connectivity index (χ1v) is 4.51. The summed E-state index contributed by atoms with van der Waals surface area (Å²) in [4.78, 5) is 10.9. The van der Waals surface area contributed by atoms with Crippen LogP contribution in [-0.4, -0.2) is 5.78 Å². The van der Waals surface area contributed by atoms with Crippen molar-refractivity contribution in [3.8, 4) is 0 Å². The van der Waals surface area contributed by atoms with E-state index in [4.69, 9.17) is 0 Å². The van der Waals surface area contributed by atoms with Gasteiger partial charge in [0.25, 0.3) is 6.43 Å². The molecule has 0 aromatic heterocycles. The average Bonchev–Trinajstić information content (AvgIpc) is 2.02. The quantitative estimate of drug-likeness (QED) is 0.746. The highest BCUT2D eigenvalue weighted by molar-refractivity contribution is 9.10. The van der Waals surface area contributed by atoms with E-state index in [1.165, 1.54) is 6.07 Å². The van der Waals surface area contributed by atoms with Gasteiger partial charge < -0.3 is 0 Å². The lowest BCUT2D eigenvalue weighted by atomic mass is 10.1. The molecule has 0 spiro atoms. The standard InChI is InChI=1S/C9H6BrF3O/c1-4(14)7-6(10)3-2-5(8(7)11)9(12)13/h2-3,9H,1H3. The first-order valence-electron chi connectivity index (χ1n) is 3.72. The lowest BCUT2D eigenvalue weighted by Crippen LogP contribution is -2.03. The summed E-state index contributed by atoms with van der Waals surface area (Å²) in [5.74, 6) is -1.74. The van der Waals surface area contributed by atoms with Gasteiger partial charge in [-0.1, -0.05) is 0 Å². The van der Waals surface area contributed by atoms with E-state index in [1.807, 2.05) is 0 Å². The summed E-state index contributed by atoms with van der Waals surface area (Å²) in [7, 11) is 0. The third kappa shape index (κ3) is 1.97. The molecule has 0 N–H and O–H groups in total. The molecule has 0 saturated heterocycles. The fraction of sp³-hybridized carbons (Fsp3) is 0.222. The van der Waals surface area contributed by atoms with E-state index in [2.05, 4.69) is 15.9 Å². The molecule has 0 saturated carbocycles. The minimum Gasteiger partial charge on any atom is -0.294 e. The van der Waals surface area contributed by atoms with Gasteiger partial charge in [0.05, 0.1) is 11.1 Å². The molecule has 14 heavy (non-hydrogen) atoms. The third-order valence-corrected chi connectivity index (χ3v) is 2.37. The molecule has 0 amide bonds. The normalized spacial score (nSPS) is 10.7. The number of ketones is 1. The van der Waals surface area contributed by atoms with Crippen molar-refractivity contribution in [1.82, 2.24) is 0 Å². The Bertz CT molecular complexity index is 377. The number of carbonyl (C=O) groups excluding carboxylic acids is 1. The highest BCUT2D eigenvalue weighted by atomic mass is 79.9. The molecule has 0 aliphatic heterocycles. The van der Waals surface area contributed by atoms with Crippen LogP contribution in [-0.2, 0) is 0 Å². The number of carbonyl (C=O) groups is 1. The molecule has 0 heterocycles. The second-order valence-corrected chi connectivity index (χ2v) is 3.54. The Morgan fingerprint density at radius 3 is 2.43 bits per heavy atom. The van der Waals surface area contributed by atoms with Crippen molar-refractivity contribution in [3.05, 3.63) is 33.5 Å². The van der Waals surface area contributed by atoms with Crippen molar-refractivity contribution in [2.75, 3.05) is 0 Å². The first kappa shape index (κ1) is 11.2. The van der Waals surface area contributed by atoms with Crippen LogP contribution in [0.25, 0.3) is 0 Å². The van der Waals surface area contributed by atoms with Gasteiger partial charge in [-0.2, -0.15) is 0 Å². The van der Waals surface area contributed by atoms with Crippen LogP contribution in [0.2, 0.25) is 0 Å². The zero-order chi connectivity index (χ0) is 10.9. The molecule has 0 aliphatic carbocycles. The summed E-state index contributed by atoms with van der Waals surface area (Å²) < 4.78 is 38.0. The van der Waals surface area contributed by atoms with Crippen molar-refractivity contribution in [2.45, 2.75) is 13.3 Å². The molecule has 0 bridgehead atoms. The van der Waals surface area contributed by atoms with Gasteiger partial charge in [-0.05, 0) is 35.0 Å². The number of hydrogen-bond donors (Lipinski definition) is 0. The van der Waals surface area contributed by atoms with Crippen LogP contribution < -0.4 is 0 Å². The highest BCUT2D eigenvalue weighted by Crippen LogP contribution is 2.29. The molecule has 1 nitrogen and oxygen atoms in total. The van der Waals surface area contributed by atoms with Crippen molar-refractivity contribution in [3.63, 3.8) is 0 Å². The van der Waals surface area contributed by atoms with Gasteiger partial charge >= 0.3 is 0 Å². The van der Waals surface area contributed by atoms with Gasteiger partial charge in [-0.25, -0.2) is 13.2 Å². The van der Waals surface area contributed by atoms with Crippen LogP contribution in [0.1, 0.15) is 29.3 Å². The molecule has 1 rings (SSSR count). The Morgan fingerprint density at radius 2 is 2.00 bits per heavy atom. The Kier molecular flexibility index (Phi) is 3.31. The molecule has 0 radical (unpaired) electrons. The molecule has 1 aromatic carbocycles. The van der Waals surface area contributed by atoms with Crippen molar-refractivity contribution < 1.29 is 18.0 Å². The molecule has 76 valence electrons. The number of Topliss-reactive ketones (excluding diaryl/α,β-unsaturated/α-hetero) is 1. The Morgan fingerprint density at radius 1 is 1.43 bits per heavy atom.